The van der Waals surface area contributed by atoms with Crippen LogP contribution in [0.15, 0.2) is 47.6 Å². The van der Waals surface area contributed by atoms with Gasteiger partial charge >= 0.3 is 0 Å². The van der Waals surface area contributed by atoms with Crippen molar-refractivity contribution in [2.45, 2.75) is 12.5 Å². The summed E-state index contributed by atoms with van der Waals surface area (Å²) in [6.07, 6.45) is 0.582. The molecule has 0 saturated carbocycles. The molecule has 2 N–H and O–H groups in total. The van der Waals surface area contributed by atoms with Gasteiger partial charge in [-0.3, -0.25) is 0 Å². The molecule has 2 aromatic rings. The monoisotopic (exact) mass is 290 g/mol. The van der Waals surface area contributed by atoms with Crippen molar-refractivity contribution in [3.63, 3.8) is 0 Å². The number of aromatic hydroxyl groups is 1. The number of halogens is 2. The Morgan fingerprint density at radius 1 is 1.20 bits per heavy atom. The smallest absolute Gasteiger partial charge is 0.124 e. The highest BCUT2D eigenvalue weighted by Gasteiger charge is 2.23. The van der Waals surface area contributed by atoms with Crippen LogP contribution in [-0.2, 0) is 0 Å². The molecule has 0 spiro atoms. The normalized spacial score (nSPS) is 17.7. The van der Waals surface area contributed by atoms with Gasteiger partial charge in [-0.15, -0.1) is 0 Å². The number of rotatable bonds is 2. The Bertz CT molecular complexity index is 670. The van der Waals surface area contributed by atoms with Gasteiger partial charge in [0, 0.05) is 17.0 Å². The predicted molar refractivity (Wildman–Crippen MR) is 76.5 cm³/mol. The Morgan fingerprint density at radius 2 is 1.95 bits per heavy atom. The lowest BCUT2D eigenvalue weighted by Crippen LogP contribution is -2.09. The Kier molecular flexibility index (Phi) is 3.32. The van der Waals surface area contributed by atoms with Crippen molar-refractivity contribution < 1.29 is 9.50 Å². The molecule has 0 aliphatic carbocycles. The van der Waals surface area contributed by atoms with Gasteiger partial charge in [-0.05, 0) is 35.9 Å². The van der Waals surface area contributed by atoms with Crippen molar-refractivity contribution in [1.29, 1.82) is 0 Å². The number of hydrogen-bond acceptors (Lipinski definition) is 3. The molecule has 3 rings (SSSR count). The molecule has 3 nitrogen and oxygen atoms in total. The maximum atomic E-state index is 13.3. The Labute approximate surface area is 120 Å². The van der Waals surface area contributed by atoms with E-state index in [-0.39, 0.29) is 11.8 Å². The van der Waals surface area contributed by atoms with Crippen LogP contribution in [0.2, 0.25) is 5.02 Å². The molecule has 0 radical (unpaired) electrons. The van der Waals surface area contributed by atoms with E-state index in [0.717, 1.165) is 5.56 Å². The van der Waals surface area contributed by atoms with Gasteiger partial charge in [0.05, 0.1) is 11.8 Å². The fourth-order valence-corrected chi connectivity index (χ4v) is 2.36. The zero-order valence-corrected chi connectivity index (χ0v) is 11.2. The van der Waals surface area contributed by atoms with Crippen LogP contribution in [0.5, 0.6) is 5.75 Å². The topological polar surface area (TPSA) is 44.6 Å². The van der Waals surface area contributed by atoms with E-state index in [1.165, 1.54) is 18.2 Å². The summed E-state index contributed by atoms with van der Waals surface area (Å²) in [5.41, 5.74) is 5.11. The summed E-state index contributed by atoms with van der Waals surface area (Å²) in [6.45, 7) is 0. The van der Waals surface area contributed by atoms with Crippen molar-refractivity contribution in [1.82, 2.24) is 5.43 Å². The maximum Gasteiger partial charge on any atom is 0.124 e. The van der Waals surface area contributed by atoms with Crippen LogP contribution in [0.25, 0.3) is 0 Å². The van der Waals surface area contributed by atoms with Gasteiger partial charge in [0.1, 0.15) is 11.6 Å². The van der Waals surface area contributed by atoms with E-state index >= 15 is 0 Å². The van der Waals surface area contributed by atoms with Crippen LogP contribution in [0.4, 0.5) is 4.39 Å². The molecule has 0 amide bonds. The van der Waals surface area contributed by atoms with Crippen LogP contribution < -0.4 is 5.43 Å². The average Bonchev–Trinajstić information content (AvgIpc) is 2.92. The van der Waals surface area contributed by atoms with Gasteiger partial charge < -0.3 is 10.5 Å². The predicted octanol–water partition coefficient (Wildman–Crippen LogP) is 3.62. The molecule has 1 aliphatic rings. The minimum Gasteiger partial charge on any atom is -0.507 e. The second-order valence-electron chi connectivity index (χ2n) is 4.66. The Balaban J connectivity index is 1.82. The molecular weight excluding hydrogens is 279 g/mol. The van der Waals surface area contributed by atoms with Gasteiger partial charge in [0.15, 0.2) is 0 Å². The highest BCUT2D eigenvalue weighted by Crippen LogP contribution is 2.29. The zero-order chi connectivity index (χ0) is 14.1. The Morgan fingerprint density at radius 3 is 2.70 bits per heavy atom. The van der Waals surface area contributed by atoms with E-state index < -0.39 is 5.82 Å². The fraction of sp³-hybridized carbons (Fsp3) is 0.133. The average molecular weight is 291 g/mol. The summed E-state index contributed by atoms with van der Waals surface area (Å²) in [5, 5.41) is 14.7. The summed E-state index contributed by atoms with van der Waals surface area (Å²) in [5.74, 6) is -0.362. The summed E-state index contributed by atoms with van der Waals surface area (Å²) in [6, 6.07) is 11.3. The first-order valence-electron chi connectivity index (χ1n) is 6.20. The number of hydrazone groups is 1. The zero-order valence-electron chi connectivity index (χ0n) is 10.5. The van der Waals surface area contributed by atoms with Crippen LogP contribution >= 0.6 is 11.6 Å². The highest BCUT2D eigenvalue weighted by molar-refractivity contribution is 6.30. The van der Waals surface area contributed by atoms with E-state index in [2.05, 4.69) is 10.5 Å². The summed E-state index contributed by atoms with van der Waals surface area (Å²) in [7, 11) is 0. The molecule has 0 bridgehead atoms. The summed E-state index contributed by atoms with van der Waals surface area (Å²) >= 11 is 5.86. The van der Waals surface area contributed by atoms with E-state index in [1.54, 1.807) is 0 Å². The van der Waals surface area contributed by atoms with Crippen LogP contribution in [0, 0.1) is 5.82 Å². The first kappa shape index (κ1) is 12.9. The lowest BCUT2D eigenvalue weighted by atomic mass is 9.98. The summed E-state index contributed by atoms with van der Waals surface area (Å²) < 4.78 is 13.3. The second kappa shape index (κ2) is 5.13. The number of phenols is 1. The highest BCUT2D eigenvalue weighted by atomic mass is 35.5. The van der Waals surface area contributed by atoms with E-state index in [9.17, 15) is 9.50 Å². The van der Waals surface area contributed by atoms with Gasteiger partial charge in [-0.1, -0.05) is 23.7 Å². The SMILES string of the molecule is Oc1ccc(F)cc1C1=NN[C@@H](c2ccc(Cl)cc2)C1. The molecule has 20 heavy (non-hydrogen) atoms. The number of nitrogens with zero attached hydrogens (tertiary/aromatic N) is 1. The third kappa shape index (κ3) is 2.47. The van der Waals surface area contributed by atoms with Crippen molar-refractivity contribution >= 4 is 17.3 Å². The standard InChI is InChI=1S/C15H12ClFN2O/c16-10-3-1-9(2-4-10)13-8-14(19-18-13)12-7-11(17)5-6-15(12)20/h1-7,13,18,20H,8H2/t13-/m1/s1. The maximum absolute atomic E-state index is 13.3. The number of nitrogens with one attached hydrogen (secondary N) is 1. The molecule has 0 fully saturated rings. The minimum absolute atomic E-state index is 0.00457. The molecule has 1 aliphatic heterocycles. The van der Waals surface area contributed by atoms with Gasteiger partial charge in [-0.25, -0.2) is 4.39 Å². The molecule has 1 heterocycles. The molecule has 2 aromatic carbocycles. The van der Waals surface area contributed by atoms with Crippen LogP contribution in [-0.4, -0.2) is 10.8 Å². The van der Waals surface area contributed by atoms with Gasteiger partial charge in [0.2, 0.25) is 0 Å². The lowest BCUT2D eigenvalue weighted by molar-refractivity contribution is 0.471. The van der Waals surface area contributed by atoms with Crippen molar-refractivity contribution in [2.24, 2.45) is 5.10 Å². The van der Waals surface area contributed by atoms with Crippen molar-refractivity contribution in [3.8, 4) is 5.75 Å². The molecule has 0 unspecified atom stereocenters. The molecule has 102 valence electrons. The molecule has 5 heteroatoms. The first-order chi connectivity index (χ1) is 9.63. The molecule has 0 saturated heterocycles. The molecular formula is C15H12ClFN2O. The van der Waals surface area contributed by atoms with Crippen molar-refractivity contribution in [2.75, 3.05) is 0 Å². The number of hydrogen-bond donors (Lipinski definition) is 2. The Hall–Kier alpha value is -2.07. The van der Waals surface area contributed by atoms with Crippen molar-refractivity contribution in [3.05, 3.63) is 64.4 Å². The molecule has 0 aromatic heterocycles. The molecule has 1 atom stereocenters. The quantitative estimate of drug-likeness (QED) is 0.887. The lowest BCUT2D eigenvalue weighted by Gasteiger charge is -2.10. The largest absolute Gasteiger partial charge is 0.507 e. The second-order valence-corrected chi connectivity index (χ2v) is 5.09. The summed E-state index contributed by atoms with van der Waals surface area (Å²) in [4.78, 5) is 0. The van der Waals surface area contributed by atoms with E-state index in [4.69, 9.17) is 11.6 Å². The van der Waals surface area contributed by atoms with Crippen LogP contribution in [0.1, 0.15) is 23.6 Å². The third-order valence-corrected chi connectivity index (χ3v) is 3.55. The fourth-order valence-electron chi connectivity index (χ4n) is 2.24. The van der Waals surface area contributed by atoms with E-state index in [1.807, 2.05) is 24.3 Å². The van der Waals surface area contributed by atoms with Gasteiger partial charge in [-0.2, -0.15) is 5.10 Å². The van der Waals surface area contributed by atoms with Crippen LogP contribution in [0.3, 0.4) is 0 Å². The third-order valence-electron chi connectivity index (χ3n) is 3.29. The minimum atomic E-state index is -0.393. The van der Waals surface area contributed by atoms with Gasteiger partial charge in [0.25, 0.3) is 0 Å². The number of phenolic OH excluding ortho intramolecular Hbond substituents is 1. The van der Waals surface area contributed by atoms with E-state index in [0.29, 0.717) is 22.7 Å². The number of benzene rings is 2. The first-order valence-corrected chi connectivity index (χ1v) is 6.58.